The Labute approximate surface area is 228 Å². The molecule has 0 radical (unpaired) electrons. The summed E-state index contributed by atoms with van der Waals surface area (Å²) in [5.41, 5.74) is 1.30. The molecule has 2 heterocycles. The Kier molecular flexibility index (Phi) is 7.46. The second-order valence-corrected chi connectivity index (χ2v) is 9.04. The molecule has 1 aliphatic rings. The number of carboxylic acid groups (broad SMARTS) is 2. The highest BCUT2D eigenvalue weighted by molar-refractivity contribution is 6.31. The van der Waals surface area contributed by atoms with Crippen LogP contribution in [0.2, 0.25) is 5.02 Å². The highest BCUT2D eigenvalue weighted by atomic mass is 35.5. The largest absolute Gasteiger partial charge is 0.490 e. The monoisotopic (exact) mass is 576 g/mol. The third kappa shape index (κ3) is 5.16. The third-order valence-electron chi connectivity index (χ3n) is 6.17. The summed E-state index contributed by atoms with van der Waals surface area (Å²) in [5, 5.41) is 28.9. The van der Waals surface area contributed by atoms with E-state index in [-0.39, 0.29) is 18.4 Å². The lowest BCUT2D eigenvalue weighted by Gasteiger charge is -2.35. The van der Waals surface area contributed by atoms with Gasteiger partial charge in [-0.1, -0.05) is 54.1 Å². The topological polar surface area (TPSA) is 147 Å². The highest BCUT2D eigenvalue weighted by Gasteiger charge is 2.50. The van der Waals surface area contributed by atoms with E-state index in [4.69, 9.17) is 21.5 Å². The van der Waals surface area contributed by atoms with Crippen LogP contribution in [0.1, 0.15) is 27.0 Å². The van der Waals surface area contributed by atoms with Crippen LogP contribution in [0.5, 0.6) is 0 Å². The summed E-state index contributed by atoms with van der Waals surface area (Å²) in [6.45, 7) is 0.0949. The van der Waals surface area contributed by atoms with Gasteiger partial charge in [-0.2, -0.15) is 13.2 Å². The van der Waals surface area contributed by atoms with Crippen molar-refractivity contribution < 1.29 is 42.9 Å². The van der Waals surface area contributed by atoms with Crippen molar-refractivity contribution >= 4 is 46.6 Å². The first-order valence-electron chi connectivity index (χ1n) is 11.4. The van der Waals surface area contributed by atoms with Gasteiger partial charge in [0.2, 0.25) is 5.95 Å². The molecule has 0 bridgehead atoms. The molecule has 4 aromatic rings. The van der Waals surface area contributed by atoms with E-state index in [9.17, 15) is 33.0 Å². The minimum Gasteiger partial charge on any atom is -0.475 e. The predicted octanol–water partition coefficient (Wildman–Crippen LogP) is 4.81. The summed E-state index contributed by atoms with van der Waals surface area (Å²) < 4.78 is 31.7. The molecule has 1 atom stereocenters. The molecule has 14 heteroatoms. The van der Waals surface area contributed by atoms with E-state index in [0.29, 0.717) is 38.3 Å². The second kappa shape index (κ2) is 10.5. The maximum Gasteiger partial charge on any atom is 0.490 e. The number of benzene rings is 3. The zero-order valence-electron chi connectivity index (χ0n) is 20.5. The maximum absolute atomic E-state index is 13.4. The van der Waals surface area contributed by atoms with Crippen LogP contribution in [0.4, 0.5) is 23.9 Å². The Morgan fingerprint density at radius 3 is 2.33 bits per heavy atom. The molecule has 0 aliphatic carbocycles. The van der Waals surface area contributed by atoms with Gasteiger partial charge in [0.15, 0.2) is 5.72 Å². The van der Waals surface area contributed by atoms with Crippen molar-refractivity contribution in [2.75, 3.05) is 11.9 Å². The van der Waals surface area contributed by atoms with Gasteiger partial charge in [0.05, 0.1) is 17.6 Å². The number of fused-ring (bicyclic) bond motifs is 2. The number of anilines is 1. The summed E-state index contributed by atoms with van der Waals surface area (Å²) in [6, 6.07) is 19.1. The average Bonchev–Trinajstić information content (AvgIpc) is 3.43. The Morgan fingerprint density at radius 1 is 1.07 bits per heavy atom. The molecule has 3 aromatic carbocycles. The number of aromatic amines is 1. The number of carbonyl (C=O) groups is 3. The van der Waals surface area contributed by atoms with Crippen LogP contribution >= 0.6 is 11.6 Å². The van der Waals surface area contributed by atoms with Crippen molar-refractivity contribution in [3.8, 4) is 0 Å². The summed E-state index contributed by atoms with van der Waals surface area (Å²) in [6.07, 6.45) is -6.24. The first kappa shape index (κ1) is 28.4. The molecule has 1 aliphatic heterocycles. The van der Waals surface area contributed by atoms with Crippen molar-refractivity contribution in [1.29, 1.82) is 0 Å². The van der Waals surface area contributed by atoms with Gasteiger partial charge in [-0.15, -0.1) is 0 Å². The lowest BCUT2D eigenvalue weighted by Crippen LogP contribution is -2.44. The highest BCUT2D eigenvalue weighted by Crippen LogP contribution is 2.44. The molecule has 0 fully saturated rings. The standard InChI is InChI=1S/C24H19ClN4O4.C2HF3O2/c1-28(23(31)32)22-26-19-11-10-15(12-20(19)27-22)24(33)17-8-4-3-7-16(17)21(30)29(24)13-14-6-2-5-9-18(14)25;3-2(4,5)1(6)7/h2-12,33H,13H2,1H3,(H,26,27)(H,31,32);(H,6,7). The lowest BCUT2D eigenvalue weighted by molar-refractivity contribution is -0.192. The number of halogens is 4. The number of carbonyl (C=O) groups excluding carboxylic acids is 1. The molecule has 0 saturated heterocycles. The Bertz CT molecular complexity index is 1630. The van der Waals surface area contributed by atoms with E-state index >= 15 is 0 Å². The third-order valence-corrected chi connectivity index (χ3v) is 6.54. The fourth-order valence-corrected chi connectivity index (χ4v) is 4.36. The number of imidazole rings is 1. The number of amides is 2. The smallest absolute Gasteiger partial charge is 0.475 e. The number of nitrogens with one attached hydrogen (secondary N) is 1. The van der Waals surface area contributed by atoms with Gasteiger partial charge in [0.25, 0.3) is 5.91 Å². The van der Waals surface area contributed by atoms with Gasteiger partial charge >= 0.3 is 18.2 Å². The van der Waals surface area contributed by atoms with Crippen molar-refractivity contribution in [3.63, 3.8) is 0 Å². The number of aliphatic hydroxyl groups is 1. The number of alkyl halides is 3. The molecule has 10 nitrogen and oxygen atoms in total. The van der Waals surface area contributed by atoms with Gasteiger partial charge in [-0.25, -0.2) is 14.6 Å². The van der Waals surface area contributed by atoms with Crippen LogP contribution in [0.15, 0.2) is 66.7 Å². The first-order chi connectivity index (χ1) is 18.7. The van der Waals surface area contributed by atoms with Crippen LogP contribution in [0.25, 0.3) is 11.0 Å². The quantitative estimate of drug-likeness (QED) is 0.272. The van der Waals surface area contributed by atoms with Gasteiger partial charge in [-0.3, -0.25) is 14.6 Å². The molecule has 0 saturated carbocycles. The maximum atomic E-state index is 13.4. The lowest BCUT2D eigenvalue weighted by atomic mass is 9.93. The Hall–Kier alpha value is -4.62. The Balaban J connectivity index is 0.000000470. The molecule has 5 rings (SSSR count). The van der Waals surface area contributed by atoms with E-state index in [1.807, 2.05) is 12.1 Å². The van der Waals surface area contributed by atoms with E-state index in [0.717, 1.165) is 4.90 Å². The molecule has 40 heavy (non-hydrogen) atoms. The number of aromatic nitrogens is 2. The number of H-pyrrole nitrogens is 1. The number of carboxylic acids is 1. The van der Waals surface area contributed by atoms with Crippen molar-refractivity contribution in [2.24, 2.45) is 0 Å². The summed E-state index contributed by atoms with van der Waals surface area (Å²) >= 11 is 6.35. The summed E-state index contributed by atoms with van der Waals surface area (Å²) in [5.74, 6) is -2.92. The number of nitrogens with zero attached hydrogens (tertiary/aromatic N) is 3. The molecule has 1 unspecified atom stereocenters. The molecule has 1 aromatic heterocycles. The van der Waals surface area contributed by atoms with Crippen molar-refractivity contribution in [1.82, 2.24) is 14.9 Å². The van der Waals surface area contributed by atoms with Crippen LogP contribution in [-0.4, -0.2) is 61.4 Å². The van der Waals surface area contributed by atoms with E-state index in [2.05, 4.69) is 9.97 Å². The van der Waals surface area contributed by atoms with Crippen molar-refractivity contribution in [2.45, 2.75) is 18.4 Å². The Morgan fingerprint density at radius 2 is 1.70 bits per heavy atom. The van der Waals surface area contributed by atoms with Crippen LogP contribution < -0.4 is 4.90 Å². The number of rotatable bonds is 4. The van der Waals surface area contributed by atoms with E-state index < -0.39 is 24.0 Å². The number of aliphatic carboxylic acids is 1. The molecule has 0 spiro atoms. The zero-order chi connectivity index (χ0) is 29.4. The van der Waals surface area contributed by atoms with Gasteiger partial charge in [0.1, 0.15) is 0 Å². The van der Waals surface area contributed by atoms with Crippen LogP contribution in [0, 0.1) is 0 Å². The molecule has 4 N–H and O–H groups in total. The molecule has 2 amide bonds. The fraction of sp³-hybridized carbons (Fsp3) is 0.154. The van der Waals surface area contributed by atoms with Gasteiger partial charge in [0, 0.05) is 28.8 Å². The minimum absolute atomic E-state index is 0.0949. The van der Waals surface area contributed by atoms with Crippen LogP contribution in [0.3, 0.4) is 0 Å². The van der Waals surface area contributed by atoms with Crippen molar-refractivity contribution in [3.05, 3.63) is 94.0 Å². The average molecular weight is 577 g/mol. The number of hydrogen-bond acceptors (Lipinski definition) is 5. The van der Waals surface area contributed by atoms with Crippen LogP contribution in [-0.2, 0) is 17.1 Å². The van der Waals surface area contributed by atoms with Gasteiger partial charge in [-0.05, 0) is 29.8 Å². The SMILES string of the molecule is CN(C(=O)O)c1nc2ccc(C3(O)c4ccccc4C(=O)N3Cc3ccccc3Cl)cc2[nH]1.O=C(O)C(F)(F)F. The molecular formula is C26H20ClF3N4O6. The summed E-state index contributed by atoms with van der Waals surface area (Å²) in [4.78, 5) is 43.2. The zero-order valence-corrected chi connectivity index (χ0v) is 21.2. The van der Waals surface area contributed by atoms with E-state index in [1.165, 1.54) is 11.9 Å². The minimum atomic E-state index is -5.08. The number of hydrogen-bond donors (Lipinski definition) is 4. The molecular weight excluding hydrogens is 557 g/mol. The normalized spacial score (nSPS) is 16.4. The second-order valence-electron chi connectivity index (χ2n) is 8.64. The predicted molar refractivity (Wildman–Crippen MR) is 137 cm³/mol. The van der Waals surface area contributed by atoms with Gasteiger partial charge < -0.3 is 20.3 Å². The van der Waals surface area contributed by atoms with E-state index in [1.54, 1.807) is 54.6 Å². The fourth-order valence-electron chi connectivity index (χ4n) is 4.17. The summed E-state index contributed by atoms with van der Waals surface area (Å²) in [7, 11) is 1.38. The first-order valence-corrected chi connectivity index (χ1v) is 11.8. The molecule has 208 valence electrons.